The van der Waals surface area contributed by atoms with Gasteiger partial charge in [-0.25, -0.2) is 0 Å². The predicted molar refractivity (Wildman–Crippen MR) is 96.8 cm³/mol. The van der Waals surface area contributed by atoms with Gasteiger partial charge in [0.2, 0.25) is 0 Å². The van der Waals surface area contributed by atoms with Crippen LogP contribution in [-0.4, -0.2) is 29.7 Å². The van der Waals surface area contributed by atoms with Crippen molar-refractivity contribution in [1.29, 1.82) is 0 Å². The molecule has 2 aromatic carbocycles. The van der Waals surface area contributed by atoms with E-state index in [0.29, 0.717) is 12.5 Å². The van der Waals surface area contributed by atoms with E-state index in [0.717, 1.165) is 26.1 Å². The van der Waals surface area contributed by atoms with Gasteiger partial charge in [0.25, 0.3) is 0 Å². The average Bonchev–Trinajstić information content (AvgIpc) is 2.57. The smallest absolute Gasteiger partial charge is 0.0471 e. The summed E-state index contributed by atoms with van der Waals surface area (Å²) in [6, 6.07) is 17.4. The number of nitrogens with zero attached hydrogens (tertiary/aromatic N) is 1. The van der Waals surface area contributed by atoms with Crippen molar-refractivity contribution in [2.75, 3.05) is 19.7 Å². The first-order chi connectivity index (χ1) is 11.2. The third kappa shape index (κ3) is 4.60. The molecule has 0 saturated carbocycles. The maximum absolute atomic E-state index is 9.42. The van der Waals surface area contributed by atoms with E-state index in [2.05, 4.69) is 60.4 Å². The van der Waals surface area contributed by atoms with Crippen molar-refractivity contribution in [3.8, 4) is 0 Å². The summed E-state index contributed by atoms with van der Waals surface area (Å²) < 4.78 is 0. The van der Waals surface area contributed by atoms with Crippen LogP contribution in [0.3, 0.4) is 0 Å². The molecule has 2 nitrogen and oxygen atoms in total. The van der Waals surface area contributed by atoms with E-state index in [1.165, 1.54) is 27.3 Å². The molecule has 0 spiro atoms. The fourth-order valence-corrected chi connectivity index (χ4v) is 4.28. The topological polar surface area (TPSA) is 23.5 Å². The van der Waals surface area contributed by atoms with E-state index in [9.17, 15) is 5.11 Å². The largest absolute Gasteiger partial charge is 0.396 e. The number of benzene rings is 2. The normalized spacial score (nSPS) is 19.0. The van der Waals surface area contributed by atoms with E-state index in [1.54, 1.807) is 0 Å². The Morgan fingerprint density at radius 1 is 1.17 bits per heavy atom. The molecular weight excluding hydrogens is 302 g/mol. The van der Waals surface area contributed by atoms with Gasteiger partial charge in [-0.1, -0.05) is 47.7 Å². The number of hydrogen-bond acceptors (Lipinski definition) is 3. The minimum Gasteiger partial charge on any atom is -0.396 e. The van der Waals surface area contributed by atoms with Crippen molar-refractivity contribution in [2.24, 2.45) is 5.92 Å². The van der Waals surface area contributed by atoms with Gasteiger partial charge >= 0.3 is 0 Å². The lowest BCUT2D eigenvalue weighted by Crippen LogP contribution is -2.36. The van der Waals surface area contributed by atoms with Crippen LogP contribution in [0.4, 0.5) is 0 Å². The second-order valence-corrected chi connectivity index (χ2v) is 7.57. The molecule has 0 bridgehead atoms. The monoisotopic (exact) mass is 327 g/mol. The first kappa shape index (κ1) is 16.6. The lowest BCUT2D eigenvalue weighted by atomic mass is 9.98. The summed E-state index contributed by atoms with van der Waals surface area (Å²) in [5.41, 5.74) is 2.69. The van der Waals surface area contributed by atoms with Crippen LogP contribution in [0.1, 0.15) is 24.0 Å². The van der Waals surface area contributed by atoms with Crippen LogP contribution in [0.25, 0.3) is 0 Å². The highest BCUT2D eigenvalue weighted by atomic mass is 32.2. The highest BCUT2D eigenvalue weighted by molar-refractivity contribution is 7.99. The quantitative estimate of drug-likeness (QED) is 0.883. The van der Waals surface area contributed by atoms with E-state index in [1.807, 2.05) is 11.8 Å². The van der Waals surface area contributed by atoms with Crippen LogP contribution in [0.15, 0.2) is 58.3 Å². The van der Waals surface area contributed by atoms with E-state index < -0.39 is 0 Å². The first-order valence-corrected chi connectivity index (χ1v) is 9.22. The molecule has 1 saturated heterocycles. The zero-order valence-corrected chi connectivity index (χ0v) is 14.6. The maximum Gasteiger partial charge on any atom is 0.0471 e. The molecule has 0 aliphatic carbocycles. The molecule has 0 aromatic heterocycles. The zero-order chi connectivity index (χ0) is 16.1. The third-order valence-electron chi connectivity index (χ3n) is 4.45. The van der Waals surface area contributed by atoms with Crippen molar-refractivity contribution in [3.05, 3.63) is 59.7 Å². The molecule has 1 aliphatic rings. The Balaban J connectivity index is 1.73. The predicted octanol–water partition coefficient (Wildman–Crippen LogP) is 4.35. The number of aliphatic hydroxyl groups excluding tert-OH is 1. The molecule has 2 aromatic rings. The summed E-state index contributed by atoms with van der Waals surface area (Å²) in [6.45, 7) is 5.58. The minimum atomic E-state index is 0.316. The van der Waals surface area contributed by atoms with Gasteiger partial charge in [0, 0.05) is 29.5 Å². The van der Waals surface area contributed by atoms with Crippen molar-refractivity contribution < 1.29 is 5.11 Å². The van der Waals surface area contributed by atoms with Gasteiger partial charge in [-0.2, -0.15) is 0 Å². The minimum absolute atomic E-state index is 0.316. The number of piperidine rings is 1. The fraction of sp³-hybridized carbons (Fsp3) is 0.400. The van der Waals surface area contributed by atoms with Crippen molar-refractivity contribution in [3.63, 3.8) is 0 Å². The molecule has 1 aliphatic heterocycles. The number of hydrogen-bond donors (Lipinski definition) is 1. The summed E-state index contributed by atoms with van der Waals surface area (Å²) in [5.74, 6) is 0.445. The highest BCUT2D eigenvalue weighted by Gasteiger charge is 2.20. The lowest BCUT2D eigenvalue weighted by Gasteiger charge is -2.32. The highest BCUT2D eigenvalue weighted by Crippen LogP contribution is 2.32. The Morgan fingerprint density at radius 2 is 2.04 bits per heavy atom. The Morgan fingerprint density at radius 3 is 2.87 bits per heavy atom. The van der Waals surface area contributed by atoms with Crippen molar-refractivity contribution in [2.45, 2.75) is 36.1 Å². The van der Waals surface area contributed by atoms with Gasteiger partial charge in [-0.15, -0.1) is 0 Å². The number of aryl methyl sites for hydroxylation is 1. The van der Waals surface area contributed by atoms with Crippen molar-refractivity contribution >= 4 is 11.8 Å². The molecule has 0 amide bonds. The fourth-order valence-electron chi connectivity index (χ4n) is 3.22. The zero-order valence-electron chi connectivity index (χ0n) is 13.7. The SMILES string of the molecule is Cc1cccc(Sc2ccccc2CN2CCCC(CO)C2)c1. The molecule has 3 heteroatoms. The van der Waals surface area contributed by atoms with Crippen molar-refractivity contribution in [1.82, 2.24) is 4.90 Å². The van der Waals surface area contributed by atoms with E-state index >= 15 is 0 Å². The lowest BCUT2D eigenvalue weighted by molar-refractivity contribution is 0.115. The van der Waals surface area contributed by atoms with Crippen LogP contribution in [0.2, 0.25) is 0 Å². The summed E-state index contributed by atoms with van der Waals surface area (Å²) >= 11 is 1.85. The molecule has 23 heavy (non-hydrogen) atoms. The first-order valence-electron chi connectivity index (χ1n) is 8.40. The van der Waals surface area contributed by atoms with Gasteiger partial charge < -0.3 is 5.11 Å². The van der Waals surface area contributed by atoms with Gasteiger partial charge in [0.1, 0.15) is 0 Å². The second kappa shape index (κ2) is 8.00. The molecule has 0 radical (unpaired) electrons. The summed E-state index contributed by atoms with van der Waals surface area (Å²) in [6.07, 6.45) is 2.35. The molecule has 1 N–H and O–H groups in total. The number of aliphatic hydroxyl groups is 1. The summed E-state index contributed by atoms with van der Waals surface area (Å²) in [5, 5.41) is 9.42. The standard InChI is InChI=1S/C20H25NOS/c1-16-6-4-9-19(12-16)23-20-10-3-2-8-18(20)14-21-11-5-7-17(13-21)15-22/h2-4,6,8-10,12,17,22H,5,7,11,13-15H2,1H3. The Bertz CT molecular complexity index is 643. The van der Waals surface area contributed by atoms with E-state index in [4.69, 9.17) is 0 Å². The van der Waals surface area contributed by atoms with Gasteiger partial charge in [0.05, 0.1) is 0 Å². The van der Waals surface area contributed by atoms with Crippen LogP contribution in [-0.2, 0) is 6.54 Å². The number of rotatable bonds is 5. The van der Waals surface area contributed by atoms with E-state index in [-0.39, 0.29) is 0 Å². The Kier molecular flexibility index (Phi) is 5.76. The average molecular weight is 327 g/mol. The molecule has 122 valence electrons. The molecule has 1 fully saturated rings. The van der Waals surface area contributed by atoms with Gasteiger partial charge in [0.15, 0.2) is 0 Å². The summed E-state index contributed by atoms with van der Waals surface area (Å²) in [7, 11) is 0. The van der Waals surface area contributed by atoms with Gasteiger partial charge in [-0.3, -0.25) is 4.90 Å². The third-order valence-corrected chi connectivity index (χ3v) is 5.55. The Labute approximate surface area is 143 Å². The van der Waals surface area contributed by atoms with Crippen LogP contribution < -0.4 is 0 Å². The molecule has 1 unspecified atom stereocenters. The molecule has 1 heterocycles. The molecule has 1 atom stereocenters. The van der Waals surface area contributed by atoms with Crippen LogP contribution in [0, 0.1) is 12.8 Å². The van der Waals surface area contributed by atoms with Crippen LogP contribution in [0.5, 0.6) is 0 Å². The second-order valence-electron chi connectivity index (χ2n) is 6.45. The van der Waals surface area contributed by atoms with Crippen LogP contribution >= 0.6 is 11.8 Å². The molecular formula is C20H25NOS. The van der Waals surface area contributed by atoms with Gasteiger partial charge in [-0.05, 0) is 56.0 Å². The molecule has 3 rings (SSSR count). The number of likely N-dealkylation sites (tertiary alicyclic amines) is 1. The summed E-state index contributed by atoms with van der Waals surface area (Å²) in [4.78, 5) is 5.12. The Hall–Kier alpha value is -1.29. The maximum atomic E-state index is 9.42.